The standard InChI is InChI=1S/C18H17NO/c1-2-19-17(14-6-4-3-5-7-14)12-13-18(19)15-8-10-16(20)11-9-15/h3-13,20H,2H2,1H3. The van der Waals surface area contributed by atoms with E-state index < -0.39 is 0 Å². The lowest BCUT2D eigenvalue weighted by Crippen LogP contribution is -1.99. The van der Waals surface area contributed by atoms with E-state index in [0.29, 0.717) is 5.75 Å². The number of phenols is 1. The molecule has 0 bridgehead atoms. The smallest absolute Gasteiger partial charge is 0.115 e. The summed E-state index contributed by atoms with van der Waals surface area (Å²) in [5, 5.41) is 9.41. The first-order valence-electron chi connectivity index (χ1n) is 6.84. The number of benzene rings is 2. The zero-order valence-corrected chi connectivity index (χ0v) is 11.5. The van der Waals surface area contributed by atoms with Gasteiger partial charge in [-0.1, -0.05) is 30.3 Å². The molecule has 0 saturated heterocycles. The maximum atomic E-state index is 9.41. The van der Waals surface area contributed by atoms with Crippen LogP contribution in [0.2, 0.25) is 0 Å². The topological polar surface area (TPSA) is 25.2 Å². The first kappa shape index (κ1) is 12.5. The normalized spacial score (nSPS) is 10.7. The zero-order valence-electron chi connectivity index (χ0n) is 11.5. The van der Waals surface area contributed by atoms with Crippen LogP contribution in [0, 0.1) is 0 Å². The molecule has 0 fully saturated rings. The number of aromatic nitrogens is 1. The van der Waals surface area contributed by atoms with Gasteiger partial charge < -0.3 is 9.67 Å². The van der Waals surface area contributed by atoms with Gasteiger partial charge in [0.1, 0.15) is 5.75 Å². The first-order chi connectivity index (χ1) is 9.79. The predicted octanol–water partition coefficient (Wildman–Crippen LogP) is 4.55. The van der Waals surface area contributed by atoms with Crippen molar-refractivity contribution in [2.75, 3.05) is 0 Å². The monoisotopic (exact) mass is 263 g/mol. The summed E-state index contributed by atoms with van der Waals surface area (Å²) in [7, 11) is 0. The summed E-state index contributed by atoms with van der Waals surface area (Å²) >= 11 is 0. The van der Waals surface area contributed by atoms with Crippen LogP contribution in [-0.2, 0) is 6.54 Å². The molecule has 0 amide bonds. The Morgan fingerprint density at radius 1 is 0.750 bits per heavy atom. The van der Waals surface area contributed by atoms with Crippen molar-refractivity contribution in [2.45, 2.75) is 13.5 Å². The van der Waals surface area contributed by atoms with Crippen LogP contribution in [0.25, 0.3) is 22.5 Å². The fraction of sp³-hybridized carbons (Fsp3) is 0.111. The average molecular weight is 263 g/mol. The summed E-state index contributed by atoms with van der Waals surface area (Å²) in [6, 6.07) is 22.0. The van der Waals surface area contributed by atoms with Gasteiger partial charge >= 0.3 is 0 Å². The third kappa shape index (κ3) is 2.21. The van der Waals surface area contributed by atoms with Crippen LogP contribution in [-0.4, -0.2) is 9.67 Å². The van der Waals surface area contributed by atoms with Gasteiger partial charge in [-0.05, 0) is 54.4 Å². The van der Waals surface area contributed by atoms with E-state index in [2.05, 4.69) is 47.9 Å². The Balaban J connectivity index is 2.10. The maximum Gasteiger partial charge on any atom is 0.115 e. The third-order valence-electron chi connectivity index (χ3n) is 3.53. The van der Waals surface area contributed by atoms with Crippen molar-refractivity contribution in [2.24, 2.45) is 0 Å². The molecule has 0 saturated carbocycles. The Morgan fingerprint density at radius 3 is 1.85 bits per heavy atom. The fourth-order valence-corrected chi connectivity index (χ4v) is 2.55. The Labute approximate surface area is 118 Å². The molecule has 0 aliphatic carbocycles. The SMILES string of the molecule is CCn1c(-c2ccccc2)ccc1-c1ccc(O)cc1. The molecule has 0 radical (unpaired) electrons. The van der Waals surface area contributed by atoms with E-state index in [4.69, 9.17) is 0 Å². The molecule has 1 N–H and O–H groups in total. The Bertz CT molecular complexity index is 696. The van der Waals surface area contributed by atoms with E-state index in [9.17, 15) is 5.11 Å². The molecule has 0 unspecified atom stereocenters. The van der Waals surface area contributed by atoms with E-state index in [-0.39, 0.29) is 0 Å². The molecular weight excluding hydrogens is 246 g/mol. The highest BCUT2D eigenvalue weighted by molar-refractivity contribution is 5.70. The van der Waals surface area contributed by atoms with E-state index >= 15 is 0 Å². The molecule has 100 valence electrons. The van der Waals surface area contributed by atoms with Crippen LogP contribution in [0.5, 0.6) is 5.75 Å². The molecule has 1 heterocycles. The zero-order chi connectivity index (χ0) is 13.9. The Morgan fingerprint density at radius 2 is 1.30 bits per heavy atom. The summed E-state index contributed by atoms with van der Waals surface area (Å²) in [6.07, 6.45) is 0. The average Bonchev–Trinajstić information content (AvgIpc) is 2.93. The van der Waals surface area contributed by atoms with Gasteiger partial charge in [-0.15, -0.1) is 0 Å². The summed E-state index contributed by atoms with van der Waals surface area (Å²) in [5.74, 6) is 0.298. The summed E-state index contributed by atoms with van der Waals surface area (Å²) in [5.41, 5.74) is 4.73. The number of aromatic hydroxyl groups is 1. The van der Waals surface area contributed by atoms with Crippen molar-refractivity contribution in [3.63, 3.8) is 0 Å². The lowest BCUT2D eigenvalue weighted by Gasteiger charge is -2.11. The van der Waals surface area contributed by atoms with Gasteiger partial charge in [-0.2, -0.15) is 0 Å². The summed E-state index contributed by atoms with van der Waals surface area (Å²) < 4.78 is 2.29. The van der Waals surface area contributed by atoms with E-state index in [1.807, 2.05) is 18.2 Å². The Hall–Kier alpha value is -2.48. The highest BCUT2D eigenvalue weighted by Gasteiger charge is 2.10. The lowest BCUT2D eigenvalue weighted by molar-refractivity contribution is 0.475. The molecule has 1 aromatic heterocycles. The molecule has 2 heteroatoms. The lowest BCUT2D eigenvalue weighted by atomic mass is 10.1. The number of nitrogens with zero attached hydrogens (tertiary/aromatic N) is 1. The fourth-order valence-electron chi connectivity index (χ4n) is 2.55. The summed E-state index contributed by atoms with van der Waals surface area (Å²) in [6.45, 7) is 3.06. The van der Waals surface area contributed by atoms with Crippen molar-refractivity contribution in [3.8, 4) is 28.3 Å². The van der Waals surface area contributed by atoms with Crippen molar-refractivity contribution in [3.05, 3.63) is 66.7 Å². The predicted molar refractivity (Wildman–Crippen MR) is 82.6 cm³/mol. The number of hydrogen-bond donors (Lipinski definition) is 1. The quantitative estimate of drug-likeness (QED) is 0.737. The van der Waals surface area contributed by atoms with Gasteiger partial charge in [-0.25, -0.2) is 0 Å². The molecule has 0 aliphatic rings. The number of rotatable bonds is 3. The van der Waals surface area contributed by atoms with Crippen molar-refractivity contribution in [1.29, 1.82) is 0 Å². The van der Waals surface area contributed by atoms with Gasteiger partial charge in [-0.3, -0.25) is 0 Å². The van der Waals surface area contributed by atoms with Crippen LogP contribution >= 0.6 is 0 Å². The minimum Gasteiger partial charge on any atom is -0.508 e. The first-order valence-corrected chi connectivity index (χ1v) is 6.84. The second-order valence-corrected chi connectivity index (χ2v) is 4.76. The van der Waals surface area contributed by atoms with Crippen LogP contribution in [0.15, 0.2) is 66.7 Å². The second-order valence-electron chi connectivity index (χ2n) is 4.76. The van der Waals surface area contributed by atoms with Crippen LogP contribution in [0.3, 0.4) is 0 Å². The third-order valence-corrected chi connectivity index (χ3v) is 3.53. The molecule has 0 aliphatic heterocycles. The van der Waals surface area contributed by atoms with Gasteiger partial charge in [0.15, 0.2) is 0 Å². The van der Waals surface area contributed by atoms with Crippen molar-refractivity contribution < 1.29 is 5.11 Å². The van der Waals surface area contributed by atoms with E-state index in [1.54, 1.807) is 12.1 Å². The highest BCUT2D eigenvalue weighted by atomic mass is 16.3. The molecule has 2 nitrogen and oxygen atoms in total. The minimum atomic E-state index is 0.298. The van der Waals surface area contributed by atoms with Crippen LogP contribution in [0.1, 0.15) is 6.92 Å². The van der Waals surface area contributed by atoms with E-state index in [0.717, 1.165) is 12.1 Å². The molecule has 2 aromatic carbocycles. The van der Waals surface area contributed by atoms with Gasteiger partial charge in [0.05, 0.1) is 0 Å². The number of hydrogen-bond acceptors (Lipinski definition) is 1. The summed E-state index contributed by atoms with van der Waals surface area (Å²) in [4.78, 5) is 0. The number of phenolic OH excluding ortho intramolecular Hbond substituents is 1. The maximum absolute atomic E-state index is 9.41. The van der Waals surface area contributed by atoms with Crippen LogP contribution < -0.4 is 0 Å². The Kier molecular flexibility index (Phi) is 3.30. The van der Waals surface area contributed by atoms with E-state index in [1.165, 1.54) is 17.0 Å². The van der Waals surface area contributed by atoms with Gasteiger partial charge in [0.2, 0.25) is 0 Å². The molecule has 3 rings (SSSR count). The largest absolute Gasteiger partial charge is 0.508 e. The molecule has 20 heavy (non-hydrogen) atoms. The highest BCUT2D eigenvalue weighted by Crippen LogP contribution is 2.29. The van der Waals surface area contributed by atoms with Crippen molar-refractivity contribution >= 4 is 0 Å². The van der Waals surface area contributed by atoms with Crippen LogP contribution in [0.4, 0.5) is 0 Å². The van der Waals surface area contributed by atoms with Gasteiger partial charge in [0, 0.05) is 17.9 Å². The minimum absolute atomic E-state index is 0.298. The molecular formula is C18H17NO. The molecule has 3 aromatic rings. The molecule has 0 spiro atoms. The second kappa shape index (κ2) is 5.25. The van der Waals surface area contributed by atoms with Crippen molar-refractivity contribution in [1.82, 2.24) is 4.57 Å². The molecule has 0 atom stereocenters. The van der Waals surface area contributed by atoms with Gasteiger partial charge in [0.25, 0.3) is 0 Å².